The van der Waals surface area contributed by atoms with E-state index in [2.05, 4.69) is 22.2 Å². The van der Waals surface area contributed by atoms with Crippen LogP contribution in [0.15, 0.2) is 71.3 Å². The number of benzene rings is 2. The third kappa shape index (κ3) is 4.69. The van der Waals surface area contributed by atoms with Gasteiger partial charge in [-0.25, -0.2) is 4.79 Å². The fourth-order valence-corrected chi connectivity index (χ4v) is 5.01. The SMILES string of the molecule is COc1ccccc1-c1cc(COC(=O)c2cc(-c3ccccc3)c(N3CCOCC3)s2)on1. The molecule has 8 heteroatoms. The number of aromatic nitrogens is 1. The quantitative estimate of drug-likeness (QED) is 0.336. The van der Waals surface area contributed by atoms with Gasteiger partial charge in [0.2, 0.25) is 0 Å². The molecule has 174 valence electrons. The lowest BCUT2D eigenvalue weighted by molar-refractivity contribution is 0.0443. The number of thiophene rings is 1. The van der Waals surface area contributed by atoms with E-state index in [-0.39, 0.29) is 6.61 Å². The number of hydrogen-bond donors (Lipinski definition) is 0. The highest BCUT2D eigenvalue weighted by molar-refractivity contribution is 7.18. The smallest absolute Gasteiger partial charge is 0.348 e. The Balaban J connectivity index is 1.33. The number of anilines is 1. The van der Waals surface area contributed by atoms with Gasteiger partial charge in [-0.3, -0.25) is 0 Å². The van der Waals surface area contributed by atoms with E-state index in [9.17, 15) is 4.79 Å². The van der Waals surface area contributed by atoms with Crippen LogP contribution in [-0.4, -0.2) is 44.5 Å². The molecule has 0 radical (unpaired) electrons. The molecule has 0 N–H and O–H groups in total. The number of morpholine rings is 1. The molecule has 0 atom stereocenters. The highest BCUT2D eigenvalue weighted by Gasteiger charge is 2.23. The van der Waals surface area contributed by atoms with Crippen molar-refractivity contribution >= 4 is 22.3 Å². The zero-order valence-electron chi connectivity index (χ0n) is 18.7. The van der Waals surface area contributed by atoms with Crippen LogP contribution in [0.5, 0.6) is 5.75 Å². The number of nitrogens with zero attached hydrogens (tertiary/aromatic N) is 2. The number of para-hydroxylation sites is 1. The van der Waals surface area contributed by atoms with Crippen LogP contribution in [0.1, 0.15) is 15.4 Å². The normalized spacial score (nSPS) is 13.6. The van der Waals surface area contributed by atoms with Crippen molar-refractivity contribution in [2.75, 3.05) is 38.3 Å². The van der Waals surface area contributed by atoms with Crippen LogP contribution >= 0.6 is 11.3 Å². The summed E-state index contributed by atoms with van der Waals surface area (Å²) in [5, 5.41) is 5.16. The average Bonchev–Trinajstić information content (AvgIpc) is 3.56. The summed E-state index contributed by atoms with van der Waals surface area (Å²) in [6.45, 7) is 2.92. The second kappa shape index (κ2) is 10.1. The summed E-state index contributed by atoms with van der Waals surface area (Å²) in [6.07, 6.45) is 0. The molecule has 1 aliphatic rings. The van der Waals surface area contributed by atoms with Crippen molar-refractivity contribution in [3.63, 3.8) is 0 Å². The topological polar surface area (TPSA) is 74.0 Å². The van der Waals surface area contributed by atoms with Crippen molar-refractivity contribution in [1.29, 1.82) is 0 Å². The Morgan fingerprint density at radius 3 is 2.59 bits per heavy atom. The summed E-state index contributed by atoms with van der Waals surface area (Å²) in [5.74, 6) is 0.765. The number of hydrogen-bond acceptors (Lipinski definition) is 8. The molecule has 2 aromatic heterocycles. The summed E-state index contributed by atoms with van der Waals surface area (Å²) < 4.78 is 21.9. The third-order valence-corrected chi connectivity index (χ3v) is 6.76. The molecule has 0 bridgehead atoms. The first-order valence-electron chi connectivity index (χ1n) is 11.0. The molecule has 4 aromatic rings. The van der Waals surface area contributed by atoms with Gasteiger partial charge in [0.05, 0.1) is 25.3 Å². The maximum Gasteiger partial charge on any atom is 0.348 e. The van der Waals surface area contributed by atoms with Crippen molar-refractivity contribution in [2.24, 2.45) is 0 Å². The van der Waals surface area contributed by atoms with E-state index in [1.165, 1.54) is 11.3 Å². The molecule has 2 aromatic carbocycles. The first-order chi connectivity index (χ1) is 16.7. The van der Waals surface area contributed by atoms with Crippen LogP contribution in [0.3, 0.4) is 0 Å². The fourth-order valence-electron chi connectivity index (χ4n) is 3.88. The fraction of sp³-hybridized carbons (Fsp3) is 0.231. The second-order valence-electron chi connectivity index (χ2n) is 7.75. The highest BCUT2D eigenvalue weighted by atomic mass is 32.1. The monoisotopic (exact) mass is 476 g/mol. The van der Waals surface area contributed by atoms with Crippen LogP contribution in [0.2, 0.25) is 0 Å². The minimum Gasteiger partial charge on any atom is -0.496 e. The van der Waals surface area contributed by atoms with E-state index in [0.717, 1.165) is 34.8 Å². The predicted molar refractivity (Wildman–Crippen MR) is 130 cm³/mol. The van der Waals surface area contributed by atoms with E-state index in [4.69, 9.17) is 18.7 Å². The average molecular weight is 477 g/mol. The standard InChI is InChI=1S/C26H24N2O5S/c1-30-23-10-6-5-9-20(23)22-15-19(33-27-22)17-32-26(29)24-16-21(18-7-3-2-4-8-18)25(34-24)28-11-13-31-14-12-28/h2-10,15-16H,11-14,17H2,1H3. The molecule has 3 heterocycles. The minimum atomic E-state index is -0.392. The van der Waals surface area contributed by atoms with Crippen molar-refractivity contribution < 1.29 is 23.5 Å². The summed E-state index contributed by atoms with van der Waals surface area (Å²) in [4.78, 5) is 15.8. The Hall–Kier alpha value is -3.62. The Kier molecular flexibility index (Phi) is 6.60. The number of carbonyl (C=O) groups excluding carboxylic acids is 1. The van der Waals surface area contributed by atoms with Crippen molar-refractivity contribution in [1.82, 2.24) is 5.16 Å². The lowest BCUT2D eigenvalue weighted by atomic mass is 10.1. The molecule has 0 saturated carbocycles. The molecule has 0 unspecified atom stereocenters. The van der Waals surface area contributed by atoms with Crippen molar-refractivity contribution in [3.05, 3.63) is 77.4 Å². The van der Waals surface area contributed by atoms with Crippen LogP contribution in [-0.2, 0) is 16.1 Å². The van der Waals surface area contributed by atoms with Crippen LogP contribution in [0.25, 0.3) is 22.4 Å². The Bertz CT molecular complexity index is 1260. The lowest BCUT2D eigenvalue weighted by Crippen LogP contribution is -2.35. The van der Waals surface area contributed by atoms with E-state index in [0.29, 0.717) is 35.3 Å². The van der Waals surface area contributed by atoms with Gasteiger partial charge in [-0.15, -0.1) is 11.3 Å². The summed E-state index contributed by atoms with van der Waals surface area (Å²) >= 11 is 1.44. The largest absolute Gasteiger partial charge is 0.496 e. The molecule has 1 fully saturated rings. The van der Waals surface area contributed by atoms with Crippen LogP contribution in [0.4, 0.5) is 5.00 Å². The van der Waals surface area contributed by atoms with Gasteiger partial charge in [0, 0.05) is 30.3 Å². The van der Waals surface area contributed by atoms with Gasteiger partial charge in [0.25, 0.3) is 0 Å². The van der Waals surface area contributed by atoms with Gasteiger partial charge in [-0.1, -0.05) is 47.6 Å². The van der Waals surface area contributed by atoms with Gasteiger partial charge in [0.15, 0.2) is 12.4 Å². The van der Waals surface area contributed by atoms with E-state index < -0.39 is 5.97 Å². The molecule has 34 heavy (non-hydrogen) atoms. The van der Waals surface area contributed by atoms with E-state index >= 15 is 0 Å². The van der Waals surface area contributed by atoms with E-state index in [1.807, 2.05) is 48.5 Å². The maximum atomic E-state index is 12.9. The molecular weight excluding hydrogens is 452 g/mol. The van der Waals surface area contributed by atoms with Crippen LogP contribution in [0, 0.1) is 0 Å². The molecule has 7 nitrogen and oxygen atoms in total. The first kappa shape index (κ1) is 22.2. The Morgan fingerprint density at radius 2 is 1.79 bits per heavy atom. The molecule has 0 amide bonds. The van der Waals surface area contributed by atoms with Crippen LogP contribution < -0.4 is 9.64 Å². The summed E-state index contributed by atoms with van der Waals surface area (Å²) in [5.41, 5.74) is 3.53. The number of esters is 1. The molecule has 0 aliphatic carbocycles. The Morgan fingerprint density at radius 1 is 1.03 bits per heavy atom. The maximum absolute atomic E-state index is 12.9. The second-order valence-corrected chi connectivity index (χ2v) is 8.78. The molecular formula is C26H24N2O5S. The van der Waals surface area contributed by atoms with Gasteiger partial charge in [0.1, 0.15) is 16.3 Å². The van der Waals surface area contributed by atoms with Gasteiger partial charge in [-0.2, -0.15) is 0 Å². The summed E-state index contributed by atoms with van der Waals surface area (Å²) in [7, 11) is 1.61. The third-order valence-electron chi connectivity index (χ3n) is 5.58. The molecule has 5 rings (SSSR count). The minimum absolute atomic E-state index is 0.00750. The molecule has 1 aliphatic heterocycles. The highest BCUT2D eigenvalue weighted by Crippen LogP contribution is 2.39. The number of rotatable bonds is 7. The van der Waals surface area contributed by atoms with Crippen molar-refractivity contribution in [2.45, 2.75) is 6.61 Å². The van der Waals surface area contributed by atoms with Gasteiger partial charge in [-0.05, 0) is 23.8 Å². The molecule has 1 saturated heterocycles. The summed E-state index contributed by atoms with van der Waals surface area (Å²) in [6, 6.07) is 21.3. The molecule has 0 spiro atoms. The van der Waals surface area contributed by atoms with E-state index in [1.54, 1.807) is 13.2 Å². The number of methoxy groups -OCH3 is 1. The number of carbonyl (C=O) groups is 1. The Labute approximate surface area is 201 Å². The van der Waals surface area contributed by atoms with Crippen molar-refractivity contribution in [3.8, 4) is 28.1 Å². The first-order valence-corrected chi connectivity index (χ1v) is 11.8. The zero-order chi connectivity index (χ0) is 23.3. The lowest BCUT2D eigenvalue weighted by Gasteiger charge is -2.28. The zero-order valence-corrected chi connectivity index (χ0v) is 19.5. The van der Waals surface area contributed by atoms with Gasteiger partial charge < -0.3 is 23.6 Å². The number of ether oxygens (including phenoxy) is 3. The van der Waals surface area contributed by atoms with Gasteiger partial charge >= 0.3 is 5.97 Å². The predicted octanol–water partition coefficient (Wildman–Crippen LogP) is 5.27.